The van der Waals surface area contributed by atoms with Crippen molar-refractivity contribution in [2.45, 2.75) is 111 Å². The lowest BCUT2D eigenvalue weighted by atomic mass is 9.86. The zero-order valence-electron chi connectivity index (χ0n) is 23.3. The van der Waals surface area contributed by atoms with Crippen molar-refractivity contribution in [2.24, 2.45) is 5.92 Å². The average molecular weight is 492 g/mol. The van der Waals surface area contributed by atoms with Crippen LogP contribution < -0.4 is 10.6 Å². The van der Waals surface area contributed by atoms with Gasteiger partial charge in [0, 0.05) is 30.2 Å². The van der Waals surface area contributed by atoms with E-state index < -0.39 is 0 Å². The molecule has 6 heteroatoms. The topological polar surface area (TPSA) is 61.4 Å². The monoisotopic (exact) mass is 491 g/mol. The molecule has 1 heterocycles. The number of carbonyl (C=O) groups is 2. The zero-order valence-corrected chi connectivity index (χ0v) is 23.3. The SMILES string of the molecule is CC.CC.CCc1cc(F)cc(C(=O)NCC2CCC(NCC(=O)N3CCCCC3(C)C)CC2)c1. The molecule has 2 N–H and O–H groups in total. The molecule has 1 saturated carbocycles. The van der Waals surface area contributed by atoms with Crippen LogP contribution in [0.4, 0.5) is 4.39 Å². The number of rotatable bonds is 7. The maximum Gasteiger partial charge on any atom is 0.251 e. The van der Waals surface area contributed by atoms with E-state index >= 15 is 0 Å². The second-order valence-corrected chi connectivity index (χ2v) is 9.83. The Morgan fingerprint density at radius 2 is 1.69 bits per heavy atom. The van der Waals surface area contributed by atoms with Crippen molar-refractivity contribution in [2.75, 3.05) is 19.6 Å². The molecule has 0 aromatic heterocycles. The van der Waals surface area contributed by atoms with Crippen molar-refractivity contribution in [3.8, 4) is 0 Å². The van der Waals surface area contributed by atoms with Crippen molar-refractivity contribution in [1.82, 2.24) is 15.5 Å². The molecular weight excluding hydrogens is 441 g/mol. The van der Waals surface area contributed by atoms with Gasteiger partial charge in [-0.3, -0.25) is 9.59 Å². The number of nitrogens with zero attached hydrogens (tertiary/aromatic N) is 1. The van der Waals surface area contributed by atoms with E-state index in [-0.39, 0.29) is 23.2 Å². The summed E-state index contributed by atoms with van der Waals surface area (Å²) in [6, 6.07) is 4.90. The summed E-state index contributed by atoms with van der Waals surface area (Å²) in [5.41, 5.74) is 1.19. The van der Waals surface area contributed by atoms with Crippen molar-refractivity contribution in [3.63, 3.8) is 0 Å². The molecule has 2 fully saturated rings. The molecule has 0 spiro atoms. The van der Waals surface area contributed by atoms with Crippen LogP contribution in [0.5, 0.6) is 0 Å². The zero-order chi connectivity index (χ0) is 26.4. The van der Waals surface area contributed by atoms with Gasteiger partial charge in [-0.1, -0.05) is 34.6 Å². The normalized spacial score (nSPS) is 21.1. The Kier molecular flexibility index (Phi) is 14.1. The number of likely N-dealkylation sites (tertiary alicyclic amines) is 1. The van der Waals surface area contributed by atoms with E-state index in [1.807, 2.05) is 39.5 Å². The van der Waals surface area contributed by atoms with Crippen molar-refractivity contribution in [3.05, 3.63) is 35.1 Å². The maximum absolute atomic E-state index is 13.7. The Bertz CT molecular complexity index is 773. The summed E-state index contributed by atoms with van der Waals surface area (Å²) in [7, 11) is 0. The van der Waals surface area contributed by atoms with Gasteiger partial charge in [-0.25, -0.2) is 4.39 Å². The van der Waals surface area contributed by atoms with Crippen LogP contribution >= 0.6 is 0 Å². The van der Waals surface area contributed by atoms with Gasteiger partial charge < -0.3 is 15.5 Å². The van der Waals surface area contributed by atoms with Gasteiger partial charge in [-0.05, 0) is 94.9 Å². The number of hydrogen-bond acceptors (Lipinski definition) is 3. The van der Waals surface area contributed by atoms with Crippen LogP contribution in [0.25, 0.3) is 0 Å². The van der Waals surface area contributed by atoms with Crippen LogP contribution in [0.1, 0.15) is 109 Å². The molecule has 1 aliphatic heterocycles. The van der Waals surface area contributed by atoms with Crippen molar-refractivity contribution in [1.29, 1.82) is 0 Å². The average Bonchev–Trinajstić information content (AvgIpc) is 2.88. The molecule has 1 aromatic carbocycles. The molecule has 35 heavy (non-hydrogen) atoms. The lowest BCUT2D eigenvalue weighted by molar-refractivity contribution is -0.137. The molecule has 0 bridgehead atoms. The number of nitrogens with one attached hydrogen (secondary N) is 2. The summed E-state index contributed by atoms with van der Waals surface area (Å²) in [6.45, 7) is 16.2. The fraction of sp³-hybridized carbons (Fsp3) is 0.724. The highest BCUT2D eigenvalue weighted by molar-refractivity contribution is 5.94. The minimum Gasteiger partial charge on any atom is -0.352 e. The molecule has 0 atom stereocenters. The molecule has 1 saturated heterocycles. The Hall–Kier alpha value is -1.95. The fourth-order valence-electron chi connectivity index (χ4n) is 4.95. The molecule has 1 aliphatic carbocycles. The number of benzene rings is 1. The summed E-state index contributed by atoms with van der Waals surface area (Å²) in [5, 5.41) is 6.44. The van der Waals surface area contributed by atoms with Crippen molar-refractivity contribution >= 4 is 11.8 Å². The van der Waals surface area contributed by atoms with Gasteiger partial charge in [0.1, 0.15) is 5.82 Å². The molecule has 5 nitrogen and oxygen atoms in total. The first-order valence-electron chi connectivity index (χ1n) is 13.9. The molecule has 200 valence electrons. The Morgan fingerprint density at radius 1 is 1.03 bits per heavy atom. The molecule has 3 rings (SSSR count). The smallest absolute Gasteiger partial charge is 0.251 e. The number of halogens is 1. The number of aryl methyl sites for hydroxylation is 1. The third-order valence-corrected chi connectivity index (χ3v) is 7.02. The molecule has 0 radical (unpaired) electrons. The minimum absolute atomic E-state index is 0.0353. The third kappa shape index (κ3) is 9.91. The van der Waals surface area contributed by atoms with Crippen LogP contribution in [0.3, 0.4) is 0 Å². The van der Waals surface area contributed by atoms with Gasteiger partial charge in [-0.2, -0.15) is 0 Å². The van der Waals surface area contributed by atoms with Crippen LogP contribution in [0.15, 0.2) is 18.2 Å². The van der Waals surface area contributed by atoms with E-state index in [2.05, 4.69) is 24.5 Å². The van der Waals surface area contributed by atoms with Gasteiger partial charge in [0.2, 0.25) is 5.91 Å². The Morgan fingerprint density at radius 3 is 2.29 bits per heavy atom. The summed E-state index contributed by atoms with van der Waals surface area (Å²) < 4.78 is 13.7. The highest BCUT2D eigenvalue weighted by Gasteiger charge is 2.33. The second kappa shape index (κ2) is 15.9. The number of amides is 2. The first-order chi connectivity index (χ1) is 16.8. The van der Waals surface area contributed by atoms with E-state index in [0.717, 1.165) is 50.6 Å². The molecule has 1 aromatic rings. The van der Waals surface area contributed by atoms with Crippen LogP contribution in [0, 0.1) is 11.7 Å². The highest BCUT2D eigenvalue weighted by atomic mass is 19.1. The maximum atomic E-state index is 13.7. The number of piperidine rings is 1. The first-order valence-corrected chi connectivity index (χ1v) is 13.9. The van der Waals surface area contributed by atoms with E-state index in [0.29, 0.717) is 37.0 Å². The largest absolute Gasteiger partial charge is 0.352 e. The van der Waals surface area contributed by atoms with Gasteiger partial charge in [0.25, 0.3) is 5.91 Å². The Labute approximate surface area is 213 Å². The minimum atomic E-state index is -0.362. The van der Waals surface area contributed by atoms with E-state index in [1.165, 1.54) is 18.6 Å². The van der Waals surface area contributed by atoms with Crippen LogP contribution in [-0.4, -0.2) is 47.9 Å². The predicted molar refractivity (Wildman–Crippen MR) is 144 cm³/mol. The summed E-state index contributed by atoms with van der Waals surface area (Å²) in [6.07, 6.45) is 8.13. The van der Waals surface area contributed by atoms with E-state index in [1.54, 1.807) is 6.07 Å². The Balaban J connectivity index is 0.00000145. The summed E-state index contributed by atoms with van der Waals surface area (Å²) in [5.74, 6) is 0.0707. The lowest BCUT2D eigenvalue weighted by Crippen LogP contribution is -2.54. The van der Waals surface area contributed by atoms with E-state index in [9.17, 15) is 14.0 Å². The molecule has 2 aliphatic rings. The standard InChI is InChI=1S/C25H38FN3O2.2C2H6/c1-4-18-13-20(15-21(26)14-18)24(31)28-16-19-7-9-22(10-8-19)27-17-23(30)29-12-6-5-11-25(29,2)3;2*1-2/h13-15,19,22,27H,4-12,16-17H2,1-3H3,(H,28,31);2*1-2H3. The third-order valence-electron chi connectivity index (χ3n) is 7.02. The highest BCUT2D eigenvalue weighted by Crippen LogP contribution is 2.27. The second-order valence-electron chi connectivity index (χ2n) is 9.83. The van der Waals surface area contributed by atoms with Crippen LogP contribution in [-0.2, 0) is 11.2 Å². The number of hydrogen-bond donors (Lipinski definition) is 2. The summed E-state index contributed by atoms with van der Waals surface area (Å²) in [4.78, 5) is 27.2. The van der Waals surface area contributed by atoms with Crippen molar-refractivity contribution < 1.29 is 14.0 Å². The summed E-state index contributed by atoms with van der Waals surface area (Å²) >= 11 is 0. The molecule has 0 unspecified atom stereocenters. The van der Waals surface area contributed by atoms with Gasteiger partial charge in [0.15, 0.2) is 0 Å². The number of carbonyl (C=O) groups excluding carboxylic acids is 2. The first kappa shape index (κ1) is 31.1. The fourth-order valence-corrected chi connectivity index (χ4v) is 4.95. The quantitative estimate of drug-likeness (QED) is 0.484. The van der Waals surface area contributed by atoms with Gasteiger partial charge in [0.05, 0.1) is 6.54 Å². The molecule has 2 amide bonds. The van der Waals surface area contributed by atoms with Crippen LogP contribution in [0.2, 0.25) is 0 Å². The van der Waals surface area contributed by atoms with Gasteiger partial charge >= 0.3 is 0 Å². The van der Waals surface area contributed by atoms with Gasteiger partial charge in [-0.15, -0.1) is 0 Å². The molecular formula is C29H50FN3O2. The predicted octanol–water partition coefficient (Wildman–Crippen LogP) is 6.11. The van der Waals surface area contributed by atoms with E-state index in [4.69, 9.17) is 0 Å². The lowest BCUT2D eigenvalue weighted by Gasteiger charge is -2.43.